The van der Waals surface area contributed by atoms with Crippen LogP contribution in [0.5, 0.6) is 0 Å². The van der Waals surface area contributed by atoms with Gasteiger partial charge >= 0.3 is 0 Å². The molecule has 0 aromatic carbocycles. The lowest BCUT2D eigenvalue weighted by Crippen LogP contribution is -2.34. The fourth-order valence-electron chi connectivity index (χ4n) is 2.72. The number of aryl methyl sites for hydroxylation is 2. The summed E-state index contributed by atoms with van der Waals surface area (Å²) in [5, 5.41) is 4.48. The first-order chi connectivity index (χ1) is 8.67. The highest BCUT2D eigenvalue weighted by molar-refractivity contribution is 5.50. The topological polar surface area (TPSA) is 56.3 Å². The normalized spacial score (nSPS) is 19.4. The molecule has 1 aromatic heterocycles. The van der Waals surface area contributed by atoms with E-state index in [0.29, 0.717) is 12.6 Å². The van der Waals surface area contributed by atoms with Gasteiger partial charge in [-0.25, -0.2) is 0 Å². The molecule has 2 rings (SSSR count). The Morgan fingerprint density at radius 3 is 2.89 bits per heavy atom. The molecule has 102 valence electrons. The van der Waals surface area contributed by atoms with Crippen molar-refractivity contribution in [2.75, 3.05) is 24.6 Å². The molecule has 0 saturated carbocycles. The van der Waals surface area contributed by atoms with Gasteiger partial charge in [-0.05, 0) is 26.7 Å². The first kappa shape index (κ1) is 13.4. The van der Waals surface area contributed by atoms with E-state index in [1.54, 1.807) is 0 Å². The molecule has 0 spiro atoms. The summed E-state index contributed by atoms with van der Waals surface area (Å²) in [7, 11) is 1.99. The highest BCUT2D eigenvalue weighted by Gasteiger charge is 2.23. The minimum atomic E-state index is 0.353. The Labute approximate surface area is 109 Å². The van der Waals surface area contributed by atoms with Crippen LogP contribution in [0, 0.1) is 6.92 Å². The zero-order chi connectivity index (χ0) is 13.1. The number of rotatable bonds is 5. The summed E-state index contributed by atoms with van der Waals surface area (Å²) in [4.78, 5) is 2.33. The zero-order valence-electron chi connectivity index (χ0n) is 11.6. The molecular formula is C13H24N4O. The molecule has 18 heavy (non-hydrogen) atoms. The minimum absolute atomic E-state index is 0.353. The summed E-state index contributed by atoms with van der Waals surface area (Å²) in [5.41, 5.74) is 8.03. The van der Waals surface area contributed by atoms with Crippen LogP contribution in [0.25, 0.3) is 0 Å². The molecular weight excluding hydrogens is 228 g/mol. The van der Waals surface area contributed by atoms with Gasteiger partial charge in [0.15, 0.2) is 0 Å². The monoisotopic (exact) mass is 252 g/mol. The molecule has 1 atom stereocenters. The molecule has 5 heteroatoms. The van der Waals surface area contributed by atoms with Crippen molar-refractivity contribution in [3.05, 3.63) is 11.3 Å². The van der Waals surface area contributed by atoms with Crippen molar-refractivity contribution in [2.45, 2.75) is 39.3 Å². The number of aromatic nitrogens is 2. The largest absolute Gasteiger partial charge is 0.376 e. The molecule has 1 fully saturated rings. The van der Waals surface area contributed by atoms with Crippen molar-refractivity contribution in [1.29, 1.82) is 0 Å². The van der Waals surface area contributed by atoms with E-state index in [0.717, 1.165) is 43.2 Å². The Morgan fingerprint density at radius 2 is 2.33 bits per heavy atom. The number of ether oxygens (including phenoxy) is 1. The van der Waals surface area contributed by atoms with Crippen LogP contribution in [0.3, 0.4) is 0 Å². The van der Waals surface area contributed by atoms with E-state index in [1.807, 2.05) is 18.7 Å². The summed E-state index contributed by atoms with van der Waals surface area (Å²) in [5.74, 6) is 1.15. The number of nitrogens with zero attached hydrogens (tertiary/aromatic N) is 3. The van der Waals surface area contributed by atoms with Crippen LogP contribution in [0.4, 0.5) is 5.82 Å². The fourth-order valence-corrected chi connectivity index (χ4v) is 2.72. The Kier molecular flexibility index (Phi) is 4.24. The van der Waals surface area contributed by atoms with E-state index < -0.39 is 0 Å². The maximum atomic E-state index is 5.85. The van der Waals surface area contributed by atoms with E-state index in [1.165, 1.54) is 6.42 Å². The van der Waals surface area contributed by atoms with Crippen molar-refractivity contribution in [1.82, 2.24) is 9.78 Å². The number of likely N-dealkylation sites (N-methyl/N-ethyl adjacent to an activating group) is 1. The number of anilines is 1. The van der Waals surface area contributed by atoms with Crippen molar-refractivity contribution in [3.8, 4) is 0 Å². The average Bonchev–Trinajstić information content (AvgIpc) is 2.94. The predicted molar refractivity (Wildman–Crippen MR) is 72.7 cm³/mol. The summed E-state index contributed by atoms with van der Waals surface area (Å²) in [6, 6.07) is 0. The van der Waals surface area contributed by atoms with Gasteiger partial charge in [-0.1, -0.05) is 0 Å². The van der Waals surface area contributed by atoms with Gasteiger partial charge in [-0.15, -0.1) is 0 Å². The maximum Gasteiger partial charge on any atom is 0.131 e. The summed E-state index contributed by atoms with van der Waals surface area (Å²) in [6.45, 7) is 7.50. The molecule has 1 aliphatic rings. The second kappa shape index (κ2) is 5.71. The number of hydrogen-bond donors (Lipinski definition) is 1. The minimum Gasteiger partial charge on any atom is -0.376 e. The molecule has 1 unspecified atom stereocenters. The number of hydrogen-bond acceptors (Lipinski definition) is 4. The molecule has 0 radical (unpaired) electrons. The quantitative estimate of drug-likeness (QED) is 0.855. The van der Waals surface area contributed by atoms with E-state index in [2.05, 4.69) is 16.9 Å². The standard InChI is InChI=1S/C13H24N4O/c1-4-17(9-11-6-5-7-18-11)13-12(8-14)10(2)15-16(13)3/h11H,4-9,14H2,1-3H3. The molecule has 0 aliphatic carbocycles. The lowest BCUT2D eigenvalue weighted by Gasteiger charge is -2.27. The third kappa shape index (κ3) is 2.52. The van der Waals surface area contributed by atoms with Crippen LogP contribution >= 0.6 is 0 Å². The van der Waals surface area contributed by atoms with Gasteiger partial charge in [-0.3, -0.25) is 4.68 Å². The van der Waals surface area contributed by atoms with Crippen LogP contribution in [0.15, 0.2) is 0 Å². The fraction of sp³-hybridized carbons (Fsp3) is 0.769. The maximum absolute atomic E-state index is 5.85. The van der Waals surface area contributed by atoms with Gasteiger partial charge in [0.25, 0.3) is 0 Å². The Bertz CT molecular complexity index is 396. The molecule has 5 nitrogen and oxygen atoms in total. The van der Waals surface area contributed by atoms with Gasteiger partial charge in [0.1, 0.15) is 5.82 Å². The zero-order valence-corrected chi connectivity index (χ0v) is 11.6. The van der Waals surface area contributed by atoms with Crippen LogP contribution in [0.2, 0.25) is 0 Å². The molecule has 0 amide bonds. The second-order valence-corrected chi connectivity index (χ2v) is 4.89. The van der Waals surface area contributed by atoms with Crippen molar-refractivity contribution >= 4 is 5.82 Å². The van der Waals surface area contributed by atoms with Gasteiger partial charge < -0.3 is 15.4 Å². The molecule has 2 N–H and O–H groups in total. The highest BCUT2D eigenvalue weighted by atomic mass is 16.5. The molecule has 1 aromatic rings. The summed E-state index contributed by atoms with van der Waals surface area (Å²) >= 11 is 0. The van der Waals surface area contributed by atoms with Crippen molar-refractivity contribution < 1.29 is 4.74 Å². The number of nitrogens with two attached hydrogens (primary N) is 1. The van der Waals surface area contributed by atoms with Gasteiger partial charge in [0.05, 0.1) is 11.8 Å². The third-order valence-electron chi connectivity index (χ3n) is 3.65. The SMILES string of the molecule is CCN(CC1CCCO1)c1c(CN)c(C)nn1C. The van der Waals surface area contributed by atoms with E-state index in [4.69, 9.17) is 10.5 Å². The molecule has 1 saturated heterocycles. The van der Waals surface area contributed by atoms with Crippen LogP contribution in [-0.2, 0) is 18.3 Å². The summed E-state index contributed by atoms with van der Waals surface area (Å²) < 4.78 is 7.66. The lowest BCUT2D eigenvalue weighted by atomic mass is 10.2. The van der Waals surface area contributed by atoms with Crippen LogP contribution < -0.4 is 10.6 Å². The van der Waals surface area contributed by atoms with Gasteiger partial charge in [-0.2, -0.15) is 5.10 Å². The van der Waals surface area contributed by atoms with Crippen LogP contribution in [-0.4, -0.2) is 35.6 Å². The Hall–Kier alpha value is -1.07. The van der Waals surface area contributed by atoms with Crippen molar-refractivity contribution in [3.63, 3.8) is 0 Å². The highest BCUT2D eigenvalue weighted by Crippen LogP contribution is 2.24. The summed E-state index contributed by atoms with van der Waals surface area (Å²) in [6.07, 6.45) is 2.69. The van der Waals surface area contributed by atoms with Crippen LogP contribution in [0.1, 0.15) is 31.0 Å². The first-order valence-corrected chi connectivity index (χ1v) is 6.76. The van der Waals surface area contributed by atoms with Crippen molar-refractivity contribution in [2.24, 2.45) is 12.8 Å². The lowest BCUT2D eigenvalue weighted by molar-refractivity contribution is 0.115. The average molecular weight is 252 g/mol. The second-order valence-electron chi connectivity index (χ2n) is 4.89. The predicted octanol–water partition coefficient (Wildman–Crippen LogP) is 1.19. The molecule has 2 heterocycles. The Balaban J connectivity index is 2.20. The van der Waals surface area contributed by atoms with E-state index in [9.17, 15) is 0 Å². The Morgan fingerprint density at radius 1 is 1.56 bits per heavy atom. The molecule has 0 bridgehead atoms. The smallest absolute Gasteiger partial charge is 0.131 e. The van der Waals surface area contributed by atoms with E-state index >= 15 is 0 Å². The van der Waals surface area contributed by atoms with E-state index in [-0.39, 0.29) is 0 Å². The molecule has 1 aliphatic heterocycles. The third-order valence-corrected chi connectivity index (χ3v) is 3.65. The first-order valence-electron chi connectivity index (χ1n) is 6.76. The van der Waals surface area contributed by atoms with Gasteiger partial charge in [0, 0.05) is 38.9 Å². The van der Waals surface area contributed by atoms with Gasteiger partial charge in [0.2, 0.25) is 0 Å².